The smallest absolute Gasteiger partial charge is 0.312 e. The highest BCUT2D eigenvalue weighted by atomic mass is 19.1. The van der Waals surface area contributed by atoms with Gasteiger partial charge in [0.25, 0.3) is 0 Å². The molecule has 4 atom stereocenters. The van der Waals surface area contributed by atoms with E-state index in [9.17, 15) is 14.3 Å². The third-order valence-electron chi connectivity index (χ3n) is 5.94. The summed E-state index contributed by atoms with van der Waals surface area (Å²) in [6.07, 6.45) is 7.86. The van der Waals surface area contributed by atoms with E-state index >= 15 is 0 Å². The van der Waals surface area contributed by atoms with Gasteiger partial charge in [-0.2, -0.15) is 14.4 Å². The number of nitrogen functional groups attached to an aromatic ring is 1. The van der Waals surface area contributed by atoms with Gasteiger partial charge in [-0.05, 0) is 19.3 Å². The summed E-state index contributed by atoms with van der Waals surface area (Å²) in [5.41, 5.74) is 5.28. The first-order valence-corrected chi connectivity index (χ1v) is 9.50. The number of aromatic nitrogens is 4. The minimum Gasteiger partial charge on any atom is -0.460 e. The van der Waals surface area contributed by atoms with E-state index in [1.54, 1.807) is 4.57 Å². The van der Waals surface area contributed by atoms with Gasteiger partial charge in [-0.15, -0.1) is 6.42 Å². The number of anilines is 1. The zero-order valence-electron chi connectivity index (χ0n) is 15.8. The van der Waals surface area contributed by atoms with E-state index in [0.717, 1.165) is 0 Å². The van der Waals surface area contributed by atoms with Crippen LogP contribution in [-0.2, 0) is 14.3 Å². The van der Waals surface area contributed by atoms with Crippen molar-refractivity contribution in [2.75, 3.05) is 25.6 Å². The number of carbonyl (C=O) groups is 1. The molecule has 1 aliphatic heterocycles. The predicted octanol–water partition coefficient (Wildman–Crippen LogP) is 0.833. The molecule has 154 valence electrons. The van der Waals surface area contributed by atoms with Crippen molar-refractivity contribution in [2.24, 2.45) is 11.3 Å². The lowest BCUT2D eigenvalue weighted by molar-refractivity contribution is -0.161. The molecule has 4 rings (SSSR count). The molecule has 9 nitrogen and oxygen atoms in total. The van der Waals surface area contributed by atoms with Gasteiger partial charge < -0.3 is 24.9 Å². The Morgan fingerprint density at radius 3 is 3.03 bits per heavy atom. The molecule has 2 aromatic heterocycles. The van der Waals surface area contributed by atoms with Crippen LogP contribution in [0.2, 0.25) is 0 Å². The van der Waals surface area contributed by atoms with Crippen LogP contribution in [0.15, 0.2) is 6.33 Å². The van der Waals surface area contributed by atoms with E-state index in [1.807, 2.05) is 0 Å². The molecule has 0 aromatic carbocycles. The number of carbonyl (C=O) groups excluding carboxylic acids is 1. The molecule has 1 saturated heterocycles. The highest BCUT2D eigenvalue weighted by molar-refractivity contribution is 5.81. The molecule has 0 bridgehead atoms. The van der Waals surface area contributed by atoms with Gasteiger partial charge in [0.05, 0.1) is 37.5 Å². The highest BCUT2D eigenvalue weighted by Gasteiger charge is 2.48. The lowest BCUT2D eigenvalue weighted by Gasteiger charge is -2.41. The summed E-state index contributed by atoms with van der Waals surface area (Å²) >= 11 is 0. The molecule has 0 amide bonds. The molecule has 2 fully saturated rings. The van der Waals surface area contributed by atoms with Gasteiger partial charge in [0, 0.05) is 12.5 Å². The molecule has 2 unspecified atom stereocenters. The van der Waals surface area contributed by atoms with Gasteiger partial charge >= 0.3 is 12.0 Å². The van der Waals surface area contributed by atoms with Crippen LogP contribution in [0.1, 0.15) is 31.7 Å². The summed E-state index contributed by atoms with van der Waals surface area (Å²) in [6.45, 7) is 0.566. The number of nitrogens with zero attached hydrogens (tertiary/aromatic N) is 4. The maximum absolute atomic E-state index is 13.7. The van der Waals surface area contributed by atoms with Crippen LogP contribution in [-0.4, -0.2) is 56.5 Å². The summed E-state index contributed by atoms with van der Waals surface area (Å²) in [7, 11) is 0. The third-order valence-corrected chi connectivity index (χ3v) is 5.94. The molecule has 29 heavy (non-hydrogen) atoms. The molecule has 2 aromatic rings. The Hall–Kier alpha value is -2.77. The second kappa shape index (κ2) is 7.57. The SMILES string of the molecule is C#C[C@@]1(CO)CC[C@@H](n2cnc3c(N)nc(F)nc32)CC1C(=O)OC1CCOC1. The van der Waals surface area contributed by atoms with Crippen LogP contribution < -0.4 is 5.73 Å². The Balaban J connectivity index is 1.64. The number of aliphatic hydroxyl groups is 1. The van der Waals surface area contributed by atoms with Gasteiger partial charge in [0.2, 0.25) is 0 Å². The van der Waals surface area contributed by atoms with Crippen LogP contribution >= 0.6 is 0 Å². The normalized spacial score (nSPS) is 29.6. The number of esters is 1. The number of hydrogen-bond acceptors (Lipinski definition) is 8. The Kier molecular flexibility index (Phi) is 5.10. The first-order valence-electron chi connectivity index (χ1n) is 9.50. The number of terminal acetylenes is 1. The summed E-state index contributed by atoms with van der Waals surface area (Å²) in [5, 5.41) is 10.0. The van der Waals surface area contributed by atoms with Crippen LogP contribution in [0.4, 0.5) is 10.2 Å². The summed E-state index contributed by atoms with van der Waals surface area (Å²) in [4.78, 5) is 24.5. The number of hydrogen-bond donors (Lipinski definition) is 2. The lowest BCUT2D eigenvalue weighted by Crippen LogP contribution is -2.44. The highest BCUT2D eigenvalue weighted by Crippen LogP contribution is 2.46. The van der Waals surface area contributed by atoms with Crippen molar-refractivity contribution < 1.29 is 23.8 Å². The minimum atomic E-state index is -1.01. The first kappa shape index (κ1) is 19.5. The summed E-state index contributed by atoms with van der Waals surface area (Å²) in [5.74, 6) is 1.40. The number of imidazole rings is 1. The predicted molar refractivity (Wildman–Crippen MR) is 99.7 cm³/mol. The Bertz CT molecular complexity index is 967. The topological polar surface area (TPSA) is 125 Å². The van der Waals surface area contributed by atoms with Crippen molar-refractivity contribution >= 4 is 23.0 Å². The maximum Gasteiger partial charge on any atom is 0.312 e. The molecular weight excluding hydrogens is 381 g/mol. The largest absolute Gasteiger partial charge is 0.460 e. The van der Waals surface area contributed by atoms with E-state index in [4.69, 9.17) is 21.6 Å². The second-order valence-electron chi connectivity index (χ2n) is 7.56. The van der Waals surface area contributed by atoms with Crippen molar-refractivity contribution in [2.45, 2.75) is 37.8 Å². The second-order valence-corrected chi connectivity index (χ2v) is 7.56. The third kappa shape index (κ3) is 3.41. The first-order chi connectivity index (χ1) is 14.0. The van der Waals surface area contributed by atoms with Gasteiger partial charge in [0.15, 0.2) is 11.5 Å². The van der Waals surface area contributed by atoms with Crippen LogP contribution in [0.5, 0.6) is 0 Å². The number of halogens is 1. The fourth-order valence-electron chi connectivity index (χ4n) is 4.23. The number of nitrogens with two attached hydrogens (primary N) is 1. The van der Waals surface area contributed by atoms with E-state index < -0.39 is 23.4 Å². The molecular formula is C19H22FN5O4. The molecule has 1 saturated carbocycles. The Morgan fingerprint density at radius 1 is 1.52 bits per heavy atom. The fraction of sp³-hybridized carbons (Fsp3) is 0.579. The standard InChI is InChI=1S/C19H22FN5O4/c1-2-19(9-26)5-3-11(7-13(19)17(27)29-12-4-6-28-8-12)25-10-22-14-15(21)23-18(20)24-16(14)25/h1,10-13,26H,3-9H2,(H2,21,23,24)/t11-,12?,13?,19+/m1/s1. The molecule has 2 aliphatic rings. The number of fused-ring (bicyclic) bond motifs is 1. The molecule has 0 radical (unpaired) electrons. The van der Waals surface area contributed by atoms with Gasteiger partial charge in [0.1, 0.15) is 11.6 Å². The average molecular weight is 403 g/mol. The van der Waals surface area contributed by atoms with Crippen molar-refractivity contribution in [1.82, 2.24) is 19.5 Å². The van der Waals surface area contributed by atoms with E-state index in [-0.39, 0.29) is 30.2 Å². The summed E-state index contributed by atoms with van der Waals surface area (Å²) in [6, 6.07) is -0.237. The zero-order chi connectivity index (χ0) is 20.6. The molecule has 1 aliphatic carbocycles. The van der Waals surface area contributed by atoms with Crippen LogP contribution in [0.3, 0.4) is 0 Å². The van der Waals surface area contributed by atoms with Crippen LogP contribution in [0, 0.1) is 29.8 Å². The summed E-state index contributed by atoms with van der Waals surface area (Å²) < 4.78 is 26.2. The Morgan fingerprint density at radius 2 is 2.34 bits per heavy atom. The molecule has 0 spiro atoms. The van der Waals surface area contributed by atoms with Crippen molar-refractivity contribution in [3.8, 4) is 12.3 Å². The number of rotatable bonds is 4. The fourth-order valence-corrected chi connectivity index (χ4v) is 4.23. The van der Waals surface area contributed by atoms with Gasteiger partial charge in [-0.1, -0.05) is 5.92 Å². The molecule has 3 N–H and O–H groups in total. The van der Waals surface area contributed by atoms with Crippen molar-refractivity contribution in [3.63, 3.8) is 0 Å². The lowest BCUT2D eigenvalue weighted by atomic mass is 9.65. The number of aliphatic hydroxyl groups excluding tert-OH is 1. The monoisotopic (exact) mass is 403 g/mol. The Labute approximate surface area is 166 Å². The quantitative estimate of drug-likeness (QED) is 0.437. The minimum absolute atomic E-state index is 0.0485. The van der Waals surface area contributed by atoms with E-state index in [0.29, 0.717) is 44.4 Å². The average Bonchev–Trinajstić information content (AvgIpc) is 3.37. The van der Waals surface area contributed by atoms with Crippen LogP contribution in [0.25, 0.3) is 11.2 Å². The maximum atomic E-state index is 13.7. The van der Waals surface area contributed by atoms with E-state index in [2.05, 4.69) is 20.9 Å². The van der Waals surface area contributed by atoms with Gasteiger partial charge in [-0.3, -0.25) is 4.79 Å². The van der Waals surface area contributed by atoms with Crippen molar-refractivity contribution in [3.05, 3.63) is 12.4 Å². The number of ether oxygens (including phenoxy) is 2. The zero-order valence-corrected chi connectivity index (χ0v) is 15.8. The molecule has 10 heteroatoms. The van der Waals surface area contributed by atoms with Crippen molar-refractivity contribution in [1.29, 1.82) is 0 Å². The molecule has 3 heterocycles. The van der Waals surface area contributed by atoms with Gasteiger partial charge in [-0.25, -0.2) is 4.98 Å². The van der Waals surface area contributed by atoms with E-state index in [1.165, 1.54) is 6.33 Å².